The quantitative estimate of drug-likeness (QED) is 0.632. The highest BCUT2D eigenvalue weighted by Crippen LogP contribution is 2.16. The maximum atomic E-state index is 11.4. The fraction of sp³-hybridized carbons (Fsp3) is 0.909. The number of ether oxygens (including phenoxy) is 1. The third kappa shape index (κ3) is 4.72. The van der Waals surface area contributed by atoms with Crippen molar-refractivity contribution in [2.24, 2.45) is 0 Å². The van der Waals surface area contributed by atoms with E-state index in [1.165, 1.54) is 0 Å². The van der Waals surface area contributed by atoms with Crippen molar-refractivity contribution in [3.05, 3.63) is 0 Å². The second-order valence-corrected chi connectivity index (χ2v) is 3.89. The zero-order chi connectivity index (χ0) is 10.2. The second kappa shape index (κ2) is 6.96. The van der Waals surface area contributed by atoms with Crippen molar-refractivity contribution in [2.45, 2.75) is 45.1 Å². The van der Waals surface area contributed by atoms with Crippen LogP contribution in [0.1, 0.15) is 39.0 Å². The zero-order valence-electron chi connectivity index (χ0n) is 9.05. The molecule has 0 radical (unpaired) electrons. The molecule has 1 rings (SSSR count). The lowest BCUT2D eigenvalue weighted by molar-refractivity contribution is -0.118. The molecule has 3 nitrogen and oxygen atoms in total. The van der Waals surface area contributed by atoms with Crippen molar-refractivity contribution >= 4 is 5.78 Å². The van der Waals surface area contributed by atoms with Crippen molar-refractivity contribution in [1.29, 1.82) is 0 Å². The lowest BCUT2D eigenvalue weighted by atomic mass is 10.1. The van der Waals surface area contributed by atoms with E-state index in [9.17, 15) is 4.79 Å². The second-order valence-electron chi connectivity index (χ2n) is 3.89. The molecule has 0 aromatic carbocycles. The fourth-order valence-electron chi connectivity index (χ4n) is 1.69. The fourth-order valence-corrected chi connectivity index (χ4v) is 1.69. The molecule has 1 atom stereocenters. The molecule has 0 aromatic rings. The summed E-state index contributed by atoms with van der Waals surface area (Å²) in [6.07, 6.45) is 5.31. The van der Waals surface area contributed by atoms with Gasteiger partial charge < -0.3 is 10.1 Å². The molecule has 0 spiro atoms. The van der Waals surface area contributed by atoms with Gasteiger partial charge in [0.2, 0.25) is 0 Å². The molecular weight excluding hydrogens is 178 g/mol. The SMILES string of the molecule is CCCNCC(=O)CCC1CCCO1. The summed E-state index contributed by atoms with van der Waals surface area (Å²) in [4.78, 5) is 11.4. The van der Waals surface area contributed by atoms with Crippen LogP contribution in [-0.4, -0.2) is 31.6 Å². The first-order valence-corrected chi connectivity index (χ1v) is 5.67. The smallest absolute Gasteiger partial charge is 0.146 e. The summed E-state index contributed by atoms with van der Waals surface area (Å²) < 4.78 is 5.46. The van der Waals surface area contributed by atoms with Gasteiger partial charge in [0.1, 0.15) is 5.78 Å². The van der Waals surface area contributed by atoms with E-state index in [-0.39, 0.29) is 0 Å². The zero-order valence-corrected chi connectivity index (χ0v) is 9.05. The van der Waals surface area contributed by atoms with Crippen molar-refractivity contribution in [1.82, 2.24) is 5.32 Å². The van der Waals surface area contributed by atoms with Gasteiger partial charge >= 0.3 is 0 Å². The van der Waals surface area contributed by atoms with Crippen LogP contribution in [0.25, 0.3) is 0 Å². The van der Waals surface area contributed by atoms with E-state index < -0.39 is 0 Å². The lowest BCUT2D eigenvalue weighted by Crippen LogP contribution is -2.24. The van der Waals surface area contributed by atoms with E-state index in [4.69, 9.17) is 4.74 Å². The van der Waals surface area contributed by atoms with E-state index >= 15 is 0 Å². The van der Waals surface area contributed by atoms with Crippen LogP contribution in [-0.2, 0) is 9.53 Å². The Morgan fingerprint density at radius 2 is 2.43 bits per heavy atom. The van der Waals surface area contributed by atoms with Crippen LogP contribution >= 0.6 is 0 Å². The molecule has 1 aliphatic heterocycles. The minimum atomic E-state index is 0.314. The first-order valence-electron chi connectivity index (χ1n) is 5.67. The average molecular weight is 199 g/mol. The molecule has 1 aliphatic rings. The number of nitrogens with one attached hydrogen (secondary N) is 1. The van der Waals surface area contributed by atoms with Gasteiger partial charge in [-0.05, 0) is 32.2 Å². The number of carbonyl (C=O) groups is 1. The predicted molar refractivity (Wildman–Crippen MR) is 56.4 cm³/mol. The third-order valence-electron chi connectivity index (χ3n) is 2.52. The lowest BCUT2D eigenvalue weighted by Gasteiger charge is -2.08. The first-order chi connectivity index (χ1) is 6.83. The van der Waals surface area contributed by atoms with Crippen LogP contribution in [0.2, 0.25) is 0 Å². The van der Waals surface area contributed by atoms with Crippen molar-refractivity contribution < 1.29 is 9.53 Å². The number of carbonyl (C=O) groups excluding carboxylic acids is 1. The average Bonchev–Trinajstić information content (AvgIpc) is 2.68. The van der Waals surface area contributed by atoms with Gasteiger partial charge in [-0.25, -0.2) is 0 Å². The van der Waals surface area contributed by atoms with E-state index in [0.717, 1.165) is 38.8 Å². The number of Topliss-reactive ketones (excluding diaryl/α,β-unsaturated/α-hetero) is 1. The number of hydrogen-bond acceptors (Lipinski definition) is 3. The number of ketones is 1. The van der Waals surface area contributed by atoms with E-state index in [1.807, 2.05) is 0 Å². The molecule has 0 amide bonds. The third-order valence-corrected chi connectivity index (χ3v) is 2.52. The van der Waals surface area contributed by atoms with Gasteiger partial charge in [0.25, 0.3) is 0 Å². The molecule has 82 valence electrons. The normalized spacial score (nSPS) is 21.4. The molecule has 1 saturated heterocycles. The Labute approximate surface area is 86.2 Å². The first kappa shape index (κ1) is 11.7. The minimum Gasteiger partial charge on any atom is -0.378 e. The Morgan fingerprint density at radius 3 is 3.07 bits per heavy atom. The standard InChI is InChI=1S/C11H21NO2/c1-2-7-12-9-10(13)5-6-11-4-3-8-14-11/h11-12H,2-9H2,1H3. The van der Waals surface area contributed by atoms with Gasteiger partial charge in [0.15, 0.2) is 0 Å². The van der Waals surface area contributed by atoms with Gasteiger partial charge in [0, 0.05) is 13.0 Å². The van der Waals surface area contributed by atoms with Gasteiger partial charge in [-0.1, -0.05) is 6.92 Å². The van der Waals surface area contributed by atoms with Crippen LogP contribution < -0.4 is 5.32 Å². The summed E-state index contributed by atoms with van der Waals surface area (Å²) in [5.74, 6) is 0.314. The Hall–Kier alpha value is -0.410. The van der Waals surface area contributed by atoms with E-state index in [0.29, 0.717) is 24.9 Å². The monoisotopic (exact) mass is 199 g/mol. The van der Waals surface area contributed by atoms with Gasteiger partial charge in [-0.2, -0.15) is 0 Å². The van der Waals surface area contributed by atoms with Crippen LogP contribution in [0.5, 0.6) is 0 Å². The summed E-state index contributed by atoms with van der Waals surface area (Å²) in [5, 5.41) is 3.12. The predicted octanol–water partition coefficient (Wildman–Crippen LogP) is 1.51. The van der Waals surface area contributed by atoms with Crippen LogP contribution in [0.15, 0.2) is 0 Å². The molecule has 3 heteroatoms. The number of rotatable bonds is 7. The van der Waals surface area contributed by atoms with Crippen LogP contribution in [0, 0.1) is 0 Å². The molecule has 1 N–H and O–H groups in total. The number of hydrogen-bond donors (Lipinski definition) is 1. The molecule has 1 fully saturated rings. The summed E-state index contributed by atoms with van der Waals surface area (Å²) in [7, 11) is 0. The highest BCUT2D eigenvalue weighted by molar-refractivity contribution is 5.80. The topological polar surface area (TPSA) is 38.3 Å². The Morgan fingerprint density at radius 1 is 1.57 bits per heavy atom. The molecule has 14 heavy (non-hydrogen) atoms. The minimum absolute atomic E-state index is 0.314. The summed E-state index contributed by atoms with van der Waals surface area (Å²) in [5.41, 5.74) is 0. The maximum absolute atomic E-state index is 11.4. The largest absolute Gasteiger partial charge is 0.378 e. The highest BCUT2D eigenvalue weighted by atomic mass is 16.5. The Kier molecular flexibility index (Phi) is 5.80. The maximum Gasteiger partial charge on any atom is 0.146 e. The van der Waals surface area contributed by atoms with E-state index in [2.05, 4.69) is 12.2 Å². The van der Waals surface area contributed by atoms with Crippen molar-refractivity contribution in [2.75, 3.05) is 19.7 Å². The van der Waals surface area contributed by atoms with Gasteiger partial charge in [0.05, 0.1) is 12.6 Å². The summed E-state index contributed by atoms with van der Waals surface area (Å²) >= 11 is 0. The van der Waals surface area contributed by atoms with Gasteiger partial charge in [-0.3, -0.25) is 4.79 Å². The summed E-state index contributed by atoms with van der Waals surface area (Å²) in [6, 6.07) is 0. The molecule has 1 heterocycles. The van der Waals surface area contributed by atoms with Crippen molar-refractivity contribution in [3.63, 3.8) is 0 Å². The van der Waals surface area contributed by atoms with Crippen LogP contribution in [0.3, 0.4) is 0 Å². The highest BCUT2D eigenvalue weighted by Gasteiger charge is 2.16. The Balaban J connectivity index is 1.96. The molecule has 1 unspecified atom stereocenters. The molecule has 0 saturated carbocycles. The molecule has 0 aliphatic carbocycles. The molecular formula is C11H21NO2. The molecule has 0 aromatic heterocycles. The molecule has 0 bridgehead atoms. The van der Waals surface area contributed by atoms with Crippen LogP contribution in [0.4, 0.5) is 0 Å². The van der Waals surface area contributed by atoms with E-state index in [1.54, 1.807) is 0 Å². The summed E-state index contributed by atoms with van der Waals surface area (Å²) in [6.45, 7) is 4.45. The Bertz CT molecular complexity index is 165. The van der Waals surface area contributed by atoms with Gasteiger partial charge in [-0.15, -0.1) is 0 Å². The van der Waals surface area contributed by atoms with Crippen molar-refractivity contribution in [3.8, 4) is 0 Å².